The van der Waals surface area contributed by atoms with Crippen LogP contribution in [0.25, 0.3) is 0 Å². The van der Waals surface area contributed by atoms with Crippen molar-refractivity contribution in [3.05, 3.63) is 108 Å². The van der Waals surface area contributed by atoms with Gasteiger partial charge in [0, 0.05) is 5.92 Å². The summed E-state index contributed by atoms with van der Waals surface area (Å²) in [6.45, 7) is 2.94. The van der Waals surface area contributed by atoms with Crippen molar-refractivity contribution in [3.63, 3.8) is 0 Å². The quantitative estimate of drug-likeness (QED) is 0.474. The molecule has 1 heterocycles. The summed E-state index contributed by atoms with van der Waals surface area (Å²) in [6.07, 6.45) is -0.703. The first-order valence-corrected chi connectivity index (χ1v) is 11.6. The molecular formula is C28H33NO4. The molecule has 0 aromatic heterocycles. The maximum Gasteiger partial charge on any atom is 0.113 e. The molecule has 1 saturated heterocycles. The average Bonchev–Trinajstić information content (AvgIpc) is 2.88. The Balaban J connectivity index is 1.45. The van der Waals surface area contributed by atoms with Crippen molar-refractivity contribution in [2.45, 2.75) is 38.1 Å². The molecule has 0 spiro atoms. The molecule has 4 rings (SSSR count). The fourth-order valence-electron chi connectivity index (χ4n) is 4.10. The van der Waals surface area contributed by atoms with Crippen molar-refractivity contribution >= 4 is 0 Å². The zero-order chi connectivity index (χ0) is 22.7. The van der Waals surface area contributed by atoms with Crippen LogP contribution in [0.1, 0.15) is 16.7 Å². The van der Waals surface area contributed by atoms with Gasteiger partial charge in [-0.2, -0.15) is 0 Å². The molecule has 0 bridgehead atoms. The summed E-state index contributed by atoms with van der Waals surface area (Å²) in [6, 6.07) is 30.5. The maximum atomic E-state index is 6.43. The number of ether oxygens (including phenoxy) is 4. The Hall–Kier alpha value is -2.54. The van der Waals surface area contributed by atoms with E-state index in [9.17, 15) is 0 Å². The van der Waals surface area contributed by atoms with E-state index in [4.69, 9.17) is 24.7 Å². The maximum absolute atomic E-state index is 6.43. The first-order chi connectivity index (χ1) is 16.3. The molecule has 174 valence electrons. The van der Waals surface area contributed by atoms with Crippen LogP contribution in [-0.2, 0) is 38.8 Å². The molecule has 3 aromatic carbocycles. The van der Waals surface area contributed by atoms with Gasteiger partial charge in [-0.05, 0) is 23.2 Å². The van der Waals surface area contributed by atoms with E-state index in [0.29, 0.717) is 39.6 Å². The first kappa shape index (κ1) is 23.6. The largest absolute Gasteiger partial charge is 0.374 e. The van der Waals surface area contributed by atoms with E-state index >= 15 is 0 Å². The minimum Gasteiger partial charge on any atom is -0.374 e. The summed E-state index contributed by atoms with van der Waals surface area (Å²) in [7, 11) is 0. The van der Waals surface area contributed by atoms with Crippen molar-refractivity contribution in [1.82, 2.24) is 0 Å². The summed E-state index contributed by atoms with van der Waals surface area (Å²) in [5.41, 5.74) is 9.47. The molecule has 33 heavy (non-hydrogen) atoms. The average molecular weight is 448 g/mol. The highest BCUT2D eigenvalue weighted by atomic mass is 16.6. The van der Waals surface area contributed by atoms with Crippen molar-refractivity contribution in [3.8, 4) is 0 Å². The molecule has 3 aromatic rings. The Labute approximate surface area is 196 Å². The van der Waals surface area contributed by atoms with E-state index in [-0.39, 0.29) is 24.2 Å². The molecule has 1 aliphatic rings. The van der Waals surface area contributed by atoms with Gasteiger partial charge in [0.05, 0.1) is 39.1 Å². The SMILES string of the molecule is NCC1COC(COCc2ccccc2)C(OCc2ccccc2)C1OCc1ccccc1. The van der Waals surface area contributed by atoms with Gasteiger partial charge in [0.2, 0.25) is 0 Å². The summed E-state index contributed by atoms with van der Waals surface area (Å²) >= 11 is 0. The Bertz CT molecular complexity index is 922. The van der Waals surface area contributed by atoms with Crippen LogP contribution >= 0.6 is 0 Å². The highest BCUT2D eigenvalue weighted by Crippen LogP contribution is 2.28. The van der Waals surface area contributed by atoms with E-state index in [0.717, 1.165) is 16.7 Å². The number of hydrogen-bond acceptors (Lipinski definition) is 5. The molecule has 1 aliphatic heterocycles. The van der Waals surface area contributed by atoms with Crippen LogP contribution in [0.15, 0.2) is 91.0 Å². The number of rotatable bonds is 11. The van der Waals surface area contributed by atoms with E-state index in [1.54, 1.807) is 0 Å². The van der Waals surface area contributed by atoms with Gasteiger partial charge in [0.1, 0.15) is 12.2 Å². The zero-order valence-corrected chi connectivity index (χ0v) is 18.9. The lowest BCUT2D eigenvalue weighted by atomic mass is 9.92. The lowest BCUT2D eigenvalue weighted by Gasteiger charge is -2.42. The number of hydrogen-bond donors (Lipinski definition) is 1. The Kier molecular flexibility index (Phi) is 9.04. The van der Waals surface area contributed by atoms with E-state index in [2.05, 4.69) is 36.4 Å². The molecule has 2 N–H and O–H groups in total. The van der Waals surface area contributed by atoms with E-state index < -0.39 is 0 Å². The predicted molar refractivity (Wildman–Crippen MR) is 128 cm³/mol. The molecule has 0 radical (unpaired) electrons. The summed E-state index contributed by atoms with van der Waals surface area (Å²) in [5, 5.41) is 0. The first-order valence-electron chi connectivity index (χ1n) is 11.6. The number of nitrogens with two attached hydrogens (primary N) is 1. The van der Waals surface area contributed by atoms with Crippen LogP contribution in [0, 0.1) is 5.92 Å². The van der Waals surface area contributed by atoms with Crippen molar-refractivity contribution in [1.29, 1.82) is 0 Å². The molecule has 0 amide bonds. The van der Waals surface area contributed by atoms with Gasteiger partial charge in [0.15, 0.2) is 0 Å². The molecule has 4 unspecified atom stereocenters. The standard InChI is InChI=1S/C28H33NO4/c29-16-25-20-31-26(21-30-17-22-10-4-1-5-11-22)28(33-19-24-14-8-3-9-15-24)27(25)32-18-23-12-6-2-7-13-23/h1-15,25-28H,16-21,29H2. The zero-order valence-electron chi connectivity index (χ0n) is 18.9. The van der Waals surface area contributed by atoms with Gasteiger partial charge in [-0.3, -0.25) is 0 Å². The van der Waals surface area contributed by atoms with Crippen molar-refractivity contribution < 1.29 is 18.9 Å². The molecule has 5 nitrogen and oxygen atoms in total. The predicted octanol–water partition coefficient (Wildman–Crippen LogP) is 4.35. The highest BCUT2D eigenvalue weighted by molar-refractivity contribution is 5.15. The molecule has 1 fully saturated rings. The van der Waals surface area contributed by atoms with Crippen molar-refractivity contribution in [2.75, 3.05) is 19.8 Å². The third-order valence-electron chi connectivity index (χ3n) is 5.95. The molecule has 5 heteroatoms. The fourth-order valence-corrected chi connectivity index (χ4v) is 4.10. The summed E-state index contributed by atoms with van der Waals surface area (Å²) in [5.74, 6) is 0.0554. The fraction of sp³-hybridized carbons (Fsp3) is 0.357. The van der Waals surface area contributed by atoms with Crippen LogP contribution < -0.4 is 5.73 Å². The second-order valence-corrected chi connectivity index (χ2v) is 8.39. The smallest absolute Gasteiger partial charge is 0.113 e. The summed E-state index contributed by atoms with van der Waals surface area (Å²) in [4.78, 5) is 0. The normalized spacial score (nSPS) is 22.8. The van der Waals surface area contributed by atoms with E-state index in [1.807, 2.05) is 54.6 Å². The third kappa shape index (κ3) is 6.97. The Morgan fingerprint density at radius 2 is 1.15 bits per heavy atom. The van der Waals surface area contributed by atoms with E-state index in [1.165, 1.54) is 0 Å². The third-order valence-corrected chi connectivity index (χ3v) is 5.95. The highest BCUT2D eigenvalue weighted by Gasteiger charge is 2.41. The minimum atomic E-state index is -0.285. The van der Waals surface area contributed by atoms with Crippen LogP contribution in [0.5, 0.6) is 0 Å². The van der Waals surface area contributed by atoms with Gasteiger partial charge >= 0.3 is 0 Å². The van der Waals surface area contributed by atoms with Gasteiger partial charge < -0.3 is 24.7 Å². The monoisotopic (exact) mass is 447 g/mol. The lowest BCUT2D eigenvalue weighted by molar-refractivity contribution is -0.218. The summed E-state index contributed by atoms with van der Waals surface area (Å²) < 4.78 is 25.1. The molecule has 4 atom stereocenters. The molecular weight excluding hydrogens is 414 g/mol. The second-order valence-electron chi connectivity index (χ2n) is 8.39. The van der Waals surface area contributed by atoms with Crippen LogP contribution in [0.3, 0.4) is 0 Å². The van der Waals surface area contributed by atoms with Crippen LogP contribution in [0.4, 0.5) is 0 Å². The van der Waals surface area contributed by atoms with Gasteiger partial charge in [-0.1, -0.05) is 91.0 Å². The Morgan fingerprint density at radius 1 is 0.667 bits per heavy atom. The second kappa shape index (κ2) is 12.6. The van der Waals surface area contributed by atoms with Gasteiger partial charge in [-0.15, -0.1) is 0 Å². The lowest BCUT2D eigenvalue weighted by Crippen LogP contribution is -2.55. The topological polar surface area (TPSA) is 62.9 Å². The van der Waals surface area contributed by atoms with Crippen LogP contribution in [-0.4, -0.2) is 38.1 Å². The van der Waals surface area contributed by atoms with Gasteiger partial charge in [-0.25, -0.2) is 0 Å². The van der Waals surface area contributed by atoms with Gasteiger partial charge in [0.25, 0.3) is 0 Å². The molecule has 0 saturated carbocycles. The van der Waals surface area contributed by atoms with Crippen LogP contribution in [0.2, 0.25) is 0 Å². The molecule has 0 aliphatic carbocycles. The van der Waals surface area contributed by atoms with Crippen molar-refractivity contribution in [2.24, 2.45) is 11.7 Å². The Morgan fingerprint density at radius 3 is 1.67 bits per heavy atom. The minimum absolute atomic E-state index is 0.0554. The number of benzene rings is 3.